The molecule has 0 amide bonds. The van der Waals surface area contributed by atoms with Gasteiger partial charge in [0.1, 0.15) is 5.75 Å². The highest BCUT2D eigenvalue weighted by atomic mass is 32.1. The van der Waals surface area contributed by atoms with E-state index >= 15 is 0 Å². The zero-order valence-corrected chi connectivity index (χ0v) is 10.2. The number of nitrogens with zero attached hydrogens (tertiary/aromatic N) is 1. The molecule has 1 aromatic carbocycles. The first kappa shape index (κ1) is 12.4. The molecule has 0 unspecified atom stereocenters. The van der Waals surface area contributed by atoms with Gasteiger partial charge in [-0.1, -0.05) is 12.1 Å². The number of hydrogen-bond donors (Lipinski definition) is 2. The molecule has 0 aliphatic rings. The molecule has 0 saturated carbocycles. The first-order valence-electron chi connectivity index (χ1n) is 4.97. The van der Waals surface area contributed by atoms with Crippen molar-refractivity contribution in [2.75, 3.05) is 13.7 Å². The van der Waals surface area contributed by atoms with E-state index in [0.29, 0.717) is 5.11 Å². The van der Waals surface area contributed by atoms with Gasteiger partial charge in [0.05, 0.1) is 13.3 Å². The van der Waals surface area contributed by atoms with Crippen molar-refractivity contribution in [2.45, 2.75) is 6.92 Å². The fraction of sp³-hybridized carbons (Fsp3) is 0.273. The summed E-state index contributed by atoms with van der Waals surface area (Å²) in [6.45, 7) is 2.75. The Balaban J connectivity index is 2.52. The van der Waals surface area contributed by atoms with Crippen LogP contribution >= 0.6 is 12.2 Å². The molecule has 0 aromatic heterocycles. The summed E-state index contributed by atoms with van der Waals surface area (Å²) in [5.74, 6) is 0.804. The van der Waals surface area contributed by atoms with Crippen molar-refractivity contribution in [1.82, 2.24) is 10.7 Å². The molecule has 0 fully saturated rings. The summed E-state index contributed by atoms with van der Waals surface area (Å²) in [7, 11) is 1.63. The van der Waals surface area contributed by atoms with E-state index in [4.69, 9.17) is 17.0 Å². The van der Waals surface area contributed by atoms with Gasteiger partial charge in [-0.3, -0.25) is 5.43 Å². The molecule has 0 bridgehead atoms. The lowest BCUT2D eigenvalue weighted by molar-refractivity contribution is 0.415. The zero-order valence-electron chi connectivity index (χ0n) is 9.36. The number of hydrazone groups is 1. The highest BCUT2D eigenvalue weighted by Crippen LogP contribution is 2.10. The molecule has 2 N–H and O–H groups in total. The number of rotatable bonds is 4. The van der Waals surface area contributed by atoms with E-state index in [2.05, 4.69) is 15.8 Å². The minimum absolute atomic E-state index is 0.515. The molecule has 0 heterocycles. The summed E-state index contributed by atoms with van der Waals surface area (Å²) in [5, 5.41) is 7.45. The molecule has 0 radical (unpaired) electrons. The molecule has 0 spiro atoms. The van der Waals surface area contributed by atoms with Gasteiger partial charge >= 0.3 is 0 Å². The van der Waals surface area contributed by atoms with Crippen LogP contribution < -0.4 is 15.5 Å². The molecule has 5 heteroatoms. The topological polar surface area (TPSA) is 45.7 Å². The van der Waals surface area contributed by atoms with Gasteiger partial charge in [0.2, 0.25) is 0 Å². The molecular formula is C11H15N3OS. The van der Waals surface area contributed by atoms with Gasteiger partial charge in [-0.05, 0) is 36.8 Å². The third kappa shape index (κ3) is 4.27. The van der Waals surface area contributed by atoms with Crippen LogP contribution in [0.1, 0.15) is 12.5 Å². The molecule has 0 aliphatic heterocycles. The van der Waals surface area contributed by atoms with Crippen LogP contribution in [-0.4, -0.2) is 25.0 Å². The van der Waals surface area contributed by atoms with Crippen molar-refractivity contribution in [2.24, 2.45) is 5.10 Å². The van der Waals surface area contributed by atoms with Gasteiger partial charge in [0, 0.05) is 6.54 Å². The quantitative estimate of drug-likeness (QED) is 0.473. The van der Waals surface area contributed by atoms with Gasteiger partial charge < -0.3 is 10.1 Å². The Bertz CT molecular complexity index is 379. The Morgan fingerprint density at radius 1 is 1.56 bits per heavy atom. The number of ether oxygens (including phenoxy) is 1. The second-order valence-corrected chi connectivity index (χ2v) is 3.41. The van der Waals surface area contributed by atoms with Crippen LogP contribution in [0.15, 0.2) is 29.4 Å². The van der Waals surface area contributed by atoms with Crippen molar-refractivity contribution in [3.63, 3.8) is 0 Å². The third-order valence-corrected chi connectivity index (χ3v) is 2.05. The Morgan fingerprint density at radius 3 is 3.06 bits per heavy atom. The number of thiocarbonyl (C=S) groups is 1. The van der Waals surface area contributed by atoms with Crippen molar-refractivity contribution >= 4 is 23.5 Å². The summed E-state index contributed by atoms with van der Waals surface area (Å²) in [5.41, 5.74) is 3.67. The normalized spacial score (nSPS) is 10.1. The van der Waals surface area contributed by atoms with E-state index in [9.17, 15) is 0 Å². The van der Waals surface area contributed by atoms with Gasteiger partial charge in [-0.15, -0.1) is 0 Å². The maximum Gasteiger partial charge on any atom is 0.186 e. The number of nitrogens with one attached hydrogen (secondary N) is 2. The van der Waals surface area contributed by atoms with Crippen LogP contribution in [0, 0.1) is 0 Å². The Morgan fingerprint density at radius 2 is 2.38 bits per heavy atom. The van der Waals surface area contributed by atoms with Crippen LogP contribution in [0.5, 0.6) is 5.75 Å². The molecule has 4 nitrogen and oxygen atoms in total. The van der Waals surface area contributed by atoms with Crippen molar-refractivity contribution in [1.29, 1.82) is 0 Å². The predicted molar refractivity (Wildman–Crippen MR) is 70.0 cm³/mol. The molecule has 0 aliphatic carbocycles. The molecule has 1 aromatic rings. The highest BCUT2D eigenvalue weighted by Gasteiger charge is 1.92. The largest absolute Gasteiger partial charge is 0.497 e. The van der Waals surface area contributed by atoms with E-state index in [-0.39, 0.29) is 0 Å². The van der Waals surface area contributed by atoms with E-state index < -0.39 is 0 Å². The van der Waals surface area contributed by atoms with Crippen molar-refractivity contribution < 1.29 is 4.74 Å². The van der Waals surface area contributed by atoms with Gasteiger partial charge in [-0.2, -0.15) is 5.10 Å². The standard InChI is InChI=1S/C11H15N3OS/c1-3-12-11(16)14-13-8-9-5-4-6-10(7-9)15-2/h4-8H,3H2,1-2H3,(H2,12,14,16)/b13-8+. The molecule has 0 saturated heterocycles. The Labute approximate surface area is 101 Å². The minimum Gasteiger partial charge on any atom is -0.497 e. The van der Waals surface area contributed by atoms with Crippen LogP contribution in [0.25, 0.3) is 0 Å². The summed E-state index contributed by atoms with van der Waals surface area (Å²) in [6.07, 6.45) is 1.69. The monoisotopic (exact) mass is 237 g/mol. The maximum absolute atomic E-state index is 5.10. The average molecular weight is 237 g/mol. The van der Waals surface area contributed by atoms with Gasteiger partial charge in [0.15, 0.2) is 5.11 Å². The van der Waals surface area contributed by atoms with E-state index in [0.717, 1.165) is 17.9 Å². The summed E-state index contributed by atoms with van der Waals surface area (Å²) < 4.78 is 5.10. The van der Waals surface area contributed by atoms with E-state index in [1.54, 1.807) is 13.3 Å². The SMILES string of the molecule is CCNC(=S)N/N=C/c1cccc(OC)c1. The highest BCUT2D eigenvalue weighted by molar-refractivity contribution is 7.80. The first-order chi connectivity index (χ1) is 7.76. The average Bonchev–Trinajstić information content (AvgIpc) is 2.30. The predicted octanol–water partition coefficient (Wildman–Crippen LogP) is 1.51. The van der Waals surface area contributed by atoms with Gasteiger partial charge in [0.25, 0.3) is 0 Å². The van der Waals surface area contributed by atoms with Crippen molar-refractivity contribution in [3.8, 4) is 5.75 Å². The number of benzene rings is 1. The summed E-state index contributed by atoms with van der Waals surface area (Å²) in [4.78, 5) is 0. The molecule has 16 heavy (non-hydrogen) atoms. The smallest absolute Gasteiger partial charge is 0.186 e. The minimum atomic E-state index is 0.515. The second-order valence-electron chi connectivity index (χ2n) is 3.01. The fourth-order valence-corrected chi connectivity index (χ4v) is 1.28. The van der Waals surface area contributed by atoms with E-state index in [1.807, 2.05) is 31.2 Å². The molecule has 1 rings (SSSR count). The second kappa shape index (κ2) is 6.79. The lowest BCUT2D eigenvalue weighted by atomic mass is 10.2. The van der Waals surface area contributed by atoms with Crippen LogP contribution in [0.2, 0.25) is 0 Å². The Hall–Kier alpha value is -1.62. The summed E-state index contributed by atoms with van der Waals surface area (Å²) in [6, 6.07) is 7.61. The molecule has 0 atom stereocenters. The van der Waals surface area contributed by atoms with Crippen LogP contribution in [-0.2, 0) is 0 Å². The fourth-order valence-electron chi connectivity index (χ4n) is 1.09. The maximum atomic E-state index is 5.10. The number of hydrogen-bond acceptors (Lipinski definition) is 3. The number of methoxy groups -OCH3 is 1. The van der Waals surface area contributed by atoms with Crippen LogP contribution in [0.3, 0.4) is 0 Å². The van der Waals surface area contributed by atoms with Gasteiger partial charge in [-0.25, -0.2) is 0 Å². The van der Waals surface area contributed by atoms with E-state index in [1.165, 1.54) is 0 Å². The third-order valence-electron chi connectivity index (χ3n) is 1.81. The van der Waals surface area contributed by atoms with Crippen LogP contribution in [0.4, 0.5) is 0 Å². The summed E-state index contributed by atoms with van der Waals surface area (Å²) >= 11 is 4.96. The molecular weight excluding hydrogens is 222 g/mol. The lowest BCUT2D eigenvalue weighted by Crippen LogP contribution is -2.31. The molecule has 86 valence electrons. The lowest BCUT2D eigenvalue weighted by Gasteiger charge is -2.03. The van der Waals surface area contributed by atoms with Crippen molar-refractivity contribution in [3.05, 3.63) is 29.8 Å². The Kier molecular flexibility index (Phi) is 5.28. The first-order valence-corrected chi connectivity index (χ1v) is 5.38. The zero-order chi connectivity index (χ0) is 11.8.